The molecule has 1 spiro atoms. The zero-order chi connectivity index (χ0) is 20.6. The first-order valence-corrected chi connectivity index (χ1v) is 10.2. The summed E-state index contributed by atoms with van der Waals surface area (Å²) in [6.07, 6.45) is 3.81. The van der Waals surface area contributed by atoms with Crippen LogP contribution >= 0.6 is 0 Å². The van der Waals surface area contributed by atoms with Crippen molar-refractivity contribution in [2.75, 3.05) is 16.8 Å². The summed E-state index contributed by atoms with van der Waals surface area (Å²) in [6, 6.07) is 20.5. The van der Waals surface area contributed by atoms with Crippen LogP contribution in [0.15, 0.2) is 66.9 Å². The first kappa shape index (κ1) is 17.5. The Morgan fingerprint density at radius 2 is 1.63 bits per heavy atom. The van der Waals surface area contributed by atoms with Gasteiger partial charge >= 0.3 is 0 Å². The Morgan fingerprint density at radius 3 is 2.50 bits per heavy atom. The molecular formula is C26H22N2O2. The Balaban J connectivity index is 1.70. The normalized spacial score (nSPS) is 23.3. The summed E-state index contributed by atoms with van der Waals surface area (Å²) in [6.45, 7) is 4.21. The minimum Gasteiger partial charge on any atom is -0.328 e. The molecule has 3 heterocycles. The third kappa shape index (κ3) is 2.01. The summed E-state index contributed by atoms with van der Waals surface area (Å²) in [5, 5.41) is 0. The number of carbonyl (C=O) groups excluding carboxylic acids is 1. The van der Waals surface area contributed by atoms with Gasteiger partial charge in [-0.25, -0.2) is 0 Å². The quantitative estimate of drug-likeness (QED) is 0.535. The molecule has 0 aromatic heterocycles. The zero-order valence-electron chi connectivity index (χ0n) is 17.2. The molecule has 0 radical (unpaired) electrons. The maximum atomic E-state index is 13.8. The van der Waals surface area contributed by atoms with Gasteiger partial charge in [0, 0.05) is 29.9 Å². The van der Waals surface area contributed by atoms with E-state index in [1.165, 1.54) is 5.56 Å². The first-order chi connectivity index (χ1) is 14.5. The summed E-state index contributed by atoms with van der Waals surface area (Å²) >= 11 is 0. The average Bonchev–Trinajstić information content (AvgIpc) is 2.98. The highest BCUT2D eigenvalue weighted by atomic mass is 16.5. The fraction of sp³-hybridized carbons (Fsp3) is 0.192. The number of hydrogen-bond acceptors (Lipinski definition) is 3. The fourth-order valence-corrected chi connectivity index (χ4v) is 5.03. The van der Waals surface area contributed by atoms with Crippen LogP contribution in [0.4, 0.5) is 11.4 Å². The van der Waals surface area contributed by atoms with Crippen molar-refractivity contribution in [3.63, 3.8) is 0 Å². The van der Waals surface area contributed by atoms with Crippen LogP contribution < -0.4 is 9.80 Å². The number of nitrogens with zero attached hydrogens (tertiary/aromatic N) is 2. The number of carbonyl (C=O) groups is 1. The molecule has 30 heavy (non-hydrogen) atoms. The molecule has 0 N–H and O–H groups in total. The van der Waals surface area contributed by atoms with Gasteiger partial charge in [-0.05, 0) is 54.8 Å². The summed E-state index contributed by atoms with van der Waals surface area (Å²) in [5.74, 6) is -0.0418. The van der Waals surface area contributed by atoms with Gasteiger partial charge in [0.05, 0.1) is 11.4 Å². The SMILES string of the molecule is Cc1cc2c(cc1C)[C@@]1(O[C@H]3c4ccccc4C=CN23)C(=O)N(C)c2ccccc21. The molecular weight excluding hydrogens is 372 g/mol. The van der Waals surface area contributed by atoms with E-state index >= 15 is 0 Å². The van der Waals surface area contributed by atoms with Gasteiger partial charge < -0.3 is 14.5 Å². The van der Waals surface area contributed by atoms with Crippen molar-refractivity contribution < 1.29 is 9.53 Å². The Bertz CT molecular complexity index is 1260. The van der Waals surface area contributed by atoms with Gasteiger partial charge in [0.15, 0.2) is 6.23 Å². The molecule has 3 aromatic rings. The van der Waals surface area contributed by atoms with E-state index in [2.05, 4.69) is 55.3 Å². The number of benzene rings is 3. The van der Waals surface area contributed by atoms with Crippen molar-refractivity contribution in [2.45, 2.75) is 25.7 Å². The molecule has 148 valence electrons. The van der Waals surface area contributed by atoms with E-state index in [-0.39, 0.29) is 12.1 Å². The molecule has 0 unspecified atom stereocenters. The maximum Gasteiger partial charge on any atom is 0.268 e. The van der Waals surface area contributed by atoms with Gasteiger partial charge in [0.2, 0.25) is 5.60 Å². The highest BCUT2D eigenvalue weighted by Crippen LogP contribution is 2.56. The van der Waals surface area contributed by atoms with E-state index in [1.54, 1.807) is 4.90 Å². The number of amides is 1. The van der Waals surface area contributed by atoms with Crippen molar-refractivity contribution in [1.29, 1.82) is 0 Å². The number of anilines is 2. The van der Waals surface area contributed by atoms with Crippen LogP contribution in [-0.4, -0.2) is 13.0 Å². The second-order valence-electron chi connectivity index (χ2n) is 8.34. The zero-order valence-corrected chi connectivity index (χ0v) is 17.2. The van der Waals surface area contributed by atoms with Crippen LogP contribution in [-0.2, 0) is 15.1 Å². The molecule has 0 saturated heterocycles. The summed E-state index contributed by atoms with van der Waals surface area (Å²) in [4.78, 5) is 17.7. The molecule has 2 atom stereocenters. The van der Waals surface area contributed by atoms with Crippen LogP contribution in [0.25, 0.3) is 6.08 Å². The van der Waals surface area contributed by atoms with Crippen molar-refractivity contribution in [1.82, 2.24) is 0 Å². The second-order valence-corrected chi connectivity index (χ2v) is 8.34. The van der Waals surface area contributed by atoms with Gasteiger partial charge in [-0.2, -0.15) is 0 Å². The lowest BCUT2D eigenvalue weighted by molar-refractivity contribution is -0.147. The largest absolute Gasteiger partial charge is 0.328 e. The van der Waals surface area contributed by atoms with Gasteiger partial charge in [0.25, 0.3) is 5.91 Å². The number of fused-ring (bicyclic) bond motifs is 8. The van der Waals surface area contributed by atoms with Crippen molar-refractivity contribution in [2.24, 2.45) is 0 Å². The van der Waals surface area contributed by atoms with Gasteiger partial charge in [-0.3, -0.25) is 4.79 Å². The number of ether oxygens (including phenoxy) is 1. The molecule has 0 bridgehead atoms. The highest BCUT2D eigenvalue weighted by molar-refractivity contribution is 6.10. The van der Waals surface area contributed by atoms with Crippen LogP contribution in [0.3, 0.4) is 0 Å². The molecule has 3 aromatic carbocycles. The third-order valence-corrected chi connectivity index (χ3v) is 6.74. The molecule has 0 fully saturated rings. The minimum absolute atomic E-state index is 0.0418. The van der Waals surface area contributed by atoms with Gasteiger partial charge in [-0.15, -0.1) is 0 Å². The minimum atomic E-state index is -1.15. The second kappa shape index (κ2) is 5.83. The Labute approximate surface area is 176 Å². The van der Waals surface area contributed by atoms with E-state index in [9.17, 15) is 4.79 Å². The molecule has 3 aliphatic rings. The first-order valence-electron chi connectivity index (χ1n) is 10.2. The molecule has 6 rings (SSSR count). The standard InChI is InChI=1S/C26H22N2O2/c1-16-14-21-23(15-17(16)2)28-13-12-18-8-4-5-9-19(18)24(28)30-26(21)20-10-6-7-11-22(20)27(3)25(26)29/h4-15,24H,1-3H3/t24-,26+/m0/s1. The van der Waals surface area contributed by atoms with E-state index < -0.39 is 5.60 Å². The van der Waals surface area contributed by atoms with Crippen molar-refractivity contribution in [3.8, 4) is 0 Å². The van der Waals surface area contributed by atoms with E-state index in [4.69, 9.17) is 4.74 Å². The lowest BCUT2D eigenvalue weighted by Crippen LogP contribution is -2.50. The number of aryl methyl sites for hydroxylation is 2. The molecule has 0 saturated carbocycles. The van der Waals surface area contributed by atoms with Crippen molar-refractivity contribution >= 4 is 23.4 Å². The summed E-state index contributed by atoms with van der Waals surface area (Å²) in [5.41, 5.74) is 7.13. The number of hydrogen-bond donors (Lipinski definition) is 0. The van der Waals surface area contributed by atoms with E-state index in [0.717, 1.165) is 39.2 Å². The monoisotopic (exact) mass is 394 g/mol. The van der Waals surface area contributed by atoms with Crippen molar-refractivity contribution in [3.05, 3.63) is 100 Å². The smallest absolute Gasteiger partial charge is 0.268 e. The Morgan fingerprint density at radius 1 is 0.900 bits per heavy atom. The predicted molar refractivity (Wildman–Crippen MR) is 118 cm³/mol. The van der Waals surface area contributed by atoms with Gasteiger partial charge in [0.1, 0.15) is 0 Å². The Kier molecular flexibility index (Phi) is 3.40. The lowest BCUT2D eigenvalue weighted by Gasteiger charge is -2.47. The topological polar surface area (TPSA) is 32.8 Å². The summed E-state index contributed by atoms with van der Waals surface area (Å²) < 4.78 is 6.88. The molecule has 3 aliphatic heterocycles. The summed E-state index contributed by atoms with van der Waals surface area (Å²) in [7, 11) is 1.83. The average molecular weight is 394 g/mol. The maximum absolute atomic E-state index is 13.8. The molecule has 1 amide bonds. The van der Waals surface area contributed by atoms with E-state index in [1.807, 2.05) is 43.4 Å². The Hall–Kier alpha value is -3.37. The molecule has 4 nitrogen and oxygen atoms in total. The van der Waals surface area contributed by atoms with Crippen LogP contribution in [0.2, 0.25) is 0 Å². The van der Waals surface area contributed by atoms with Crippen LogP contribution in [0, 0.1) is 13.8 Å². The highest BCUT2D eigenvalue weighted by Gasteiger charge is 2.58. The van der Waals surface area contributed by atoms with Crippen LogP contribution in [0.5, 0.6) is 0 Å². The molecule has 0 aliphatic carbocycles. The third-order valence-electron chi connectivity index (χ3n) is 6.74. The van der Waals surface area contributed by atoms with Gasteiger partial charge in [-0.1, -0.05) is 42.5 Å². The lowest BCUT2D eigenvalue weighted by atomic mass is 9.81. The predicted octanol–water partition coefficient (Wildman–Crippen LogP) is 5.04. The molecule has 4 heteroatoms. The van der Waals surface area contributed by atoms with E-state index in [0.29, 0.717) is 0 Å². The fourth-order valence-electron chi connectivity index (χ4n) is 5.03. The number of rotatable bonds is 0. The number of para-hydroxylation sites is 1. The van der Waals surface area contributed by atoms with Crippen LogP contribution in [0.1, 0.15) is 39.6 Å². The number of likely N-dealkylation sites (N-methyl/N-ethyl adjacent to an activating group) is 1.